The fourth-order valence-electron chi connectivity index (χ4n) is 4.24. The molecule has 154 valence electrons. The maximum atomic E-state index is 13.8. The summed E-state index contributed by atoms with van der Waals surface area (Å²) in [4.78, 5) is 27.7. The van der Waals surface area contributed by atoms with Crippen molar-refractivity contribution in [2.45, 2.75) is 68.2 Å². The van der Waals surface area contributed by atoms with Crippen molar-refractivity contribution in [1.82, 2.24) is 0 Å². The second kappa shape index (κ2) is 9.63. The molecule has 0 unspecified atom stereocenters. The van der Waals surface area contributed by atoms with E-state index in [0.717, 1.165) is 45.1 Å². The molecule has 0 saturated heterocycles. The molecular weight excluding hydrogens is 375 g/mol. The molecule has 0 heterocycles. The number of carbonyl (C=O) groups excluding carboxylic acids is 2. The standard InChI is InChI=1S/C26H33O2P/c1-9-11-22(10-2)29(25(27)23-18(5)12-16(3)13-19(23)6)26(28)24-20(7)14-17(4)15-21(24)8/h11-15H,9-10H2,1-8H3/b22-11-. The summed E-state index contributed by atoms with van der Waals surface area (Å²) < 4.78 is 0. The summed E-state index contributed by atoms with van der Waals surface area (Å²) in [6.45, 7) is 16.1. The van der Waals surface area contributed by atoms with E-state index in [-0.39, 0.29) is 11.0 Å². The summed E-state index contributed by atoms with van der Waals surface area (Å²) in [5.41, 5.74) is 7.50. The molecule has 0 spiro atoms. The maximum Gasteiger partial charge on any atom is 0.196 e. The minimum absolute atomic E-state index is 0.0130. The zero-order valence-corrected chi connectivity index (χ0v) is 20.0. The lowest BCUT2D eigenvalue weighted by Gasteiger charge is -2.22. The van der Waals surface area contributed by atoms with Gasteiger partial charge in [0, 0.05) is 11.1 Å². The highest BCUT2D eigenvalue weighted by Crippen LogP contribution is 2.53. The van der Waals surface area contributed by atoms with Gasteiger partial charge in [0.05, 0.1) is 7.92 Å². The van der Waals surface area contributed by atoms with Crippen LogP contribution in [-0.2, 0) is 0 Å². The number of carbonyl (C=O) groups is 2. The Bertz CT molecular complexity index is 867. The quantitative estimate of drug-likeness (QED) is 0.440. The summed E-state index contributed by atoms with van der Waals surface area (Å²) in [5.74, 6) is 0. The van der Waals surface area contributed by atoms with Crippen molar-refractivity contribution in [2.75, 3.05) is 0 Å². The molecule has 0 aliphatic rings. The number of hydrogen-bond donors (Lipinski definition) is 0. The zero-order chi connectivity index (χ0) is 21.9. The molecule has 2 aromatic carbocycles. The molecular formula is C26H33O2P. The topological polar surface area (TPSA) is 34.1 Å². The highest BCUT2D eigenvalue weighted by atomic mass is 31.1. The SMILES string of the molecule is CC/C=C(/CC)P(C(=O)c1c(C)cc(C)cc1C)C(=O)c1c(C)cc(C)cc1C. The second-order valence-corrected chi connectivity index (χ2v) is 10.0. The van der Waals surface area contributed by atoms with Gasteiger partial charge in [0.1, 0.15) is 0 Å². The highest BCUT2D eigenvalue weighted by Gasteiger charge is 2.34. The van der Waals surface area contributed by atoms with Gasteiger partial charge in [-0.2, -0.15) is 0 Å². The maximum absolute atomic E-state index is 13.8. The van der Waals surface area contributed by atoms with Crippen LogP contribution in [0.3, 0.4) is 0 Å². The molecule has 2 nitrogen and oxygen atoms in total. The molecule has 0 bridgehead atoms. The van der Waals surface area contributed by atoms with Crippen molar-refractivity contribution in [3.63, 3.8) is 0 Å². The van der Waals surface area contributed by atoms with E-state index in [1.54, 1.807) is 0 Å². The van der Waals surface area contributed by atoms with Crippen LogP contribution in [0.15, 0.2) is 35.7 Å². The molecule has 0 saturated carbocycles. The van der Waals surface area contributed by atoms with Crippen LogP contribution in [0.2, 0.25) is 0 Å². The number of allylic oxidation sites excluding steroid dienone is 2. The largest absolute Gasteiger partial charge is 0.288 e. The number of rotatable bonds is 7. The predicted octanol–water partition coefficient (Wildman–Crippen LogP) is 7.70. The van der Waals surface area contributed by atoms with E-state index in [1.165, 1.54) is 0 Å². The summed E-state index contributed by atoms with van der Waals surface area (Å²) >= 11 is 0. The van der Waals surface area contributed by atoms with Crippen molar-refractivity contribution in [2.24, 2.45) is 0 Å². The first-order chi connectivity index (χ1) is 13.6. The van der Waals surface area contributed by atoms with Gasteiger partial charge >= 0.3 is 0 Å². The summed E-state index contributed by atoms with van der Waals surface area (Å²) in [6.07, 6.45) is 3.62. The molecule has 0 fully saturated rings. The van der Waals surface area contributed by atoms with Crippen LogP contribution in [0, 0.1) is 41.5 Å². The first-order valence-corrected chi connectivity index (χ1v) is 11.7. The average molecular weight is 409 g/mol. The zero-order valence-electron chi connectivity index (χ0n) is 19.1. The number of hydrogen-bond acceptors (Lipinski definition) is 2. The van der Waals surface area contributed by atoms with Gasteiger partial charge < -0.3 is 0 Å². The lowest BCUT2D eigenvalue weighted by molar-refractivity contribution is 0.105. The molecule has 0 aliphatic carbocycles. The lowest BCUT2D eigenvalue weighted by atomic mass is 10.0. The van der Waals surface area contributed by atoms with Crippen LogP contribution in [0.25, 0.3) is 0 Å². The Morgan fingerprint density at radius 1 is 0.724 bits per heavy atom. The van der Waals surface area contributed by atoms with E-state index < -0.39 is 7.92 Å². The minimum atomic E-state index is -1.61. The van der Waals surface area contributed by atoms with Crippen molar-refractivity contribution in [3.05, 3.63) is 80.2 Å². The van der Waals surface area contributed by atoms with Crippen LogP contribution in [0.4, 0.5) is 0 Å². The predicted molar refractivity (Wildman–Crippen MR) is 126 cm³/mol. The summed E-state index contributed by atoms with van der Waals surface area (Å²) in [5, 5.41) is 0.983. The van der Waals surface area contributed by atoms with Crippen molar-refractivity contribution in [3.8, 4) is 0 Å². The monoisotopic (exact) mass is 408 g/mol. The molecule has 2 rings (SSSR count). The molecule has 0 N–H and O–H groups in total. The first kappa shape index (κ1) is 23.2. The fourth-order valence-corrected chi connectivity index (χ4v) is 6.78. The third-order valence-electron chi connectivity index (χ3n) is 5.28. The fraction of sp³-hybridized carbons (Fsp3) is 0.385. The van der Waals surface area contributed by atoms with E-state index in [2.05, 4.69) is 13.0 Å². The molecule has 0 atom stereocenters. The van der Waals surface area contributed by atoms with Gasteiger partial charge in [-0.05, 0) is 82.0 Å². The molecule has 2 aromatic rings. The van der Waals surface area contributed by atoms with Gasteiger partial charge in [-0.25, -0.2) is 0 Å². The van der Waals surface area contributed by atoms with Gasteiger partial charge in [-0.3, -0.25) is 9.59 Å². The van der Waals surface area contributed by atoms with Crippen LogP contribution in [0.1, 0.15) is 80.8 Å². The van der Waals surface area contributed by atoms with Crippen molar-refractivity contribution < 1.29 is 9.59 Å². The molecule has 0 aliphatic heterocycles. The van der Waals surface area contributed by atoms with Crippen LogP contribution >= 0.6 is 7.92 Å². The highest BCUT2D eigenvalue weighted by molar-refractivity contribution is 7.93. The number of benzene rings is 2. The second-order valence-electron chi connectivity index (χ2n) is 7.95. The lowest BCUT2D eigenvalue weighted by Crippen LogP contribution is -2.13. The minimum Gasteiger partial charge on any atom is -0.288 e. The Morgan fingerprint density at radius 3 is 1.34 bits per heavy atom. The first-order valence-electron chi connectivity index (χ1n) is 10.4. The summed E-state index contributed by atoms with van der Waals surface area (Å²) in [6, 6.07) is 8.15. The third-order valence-corrected chi connectivity index (χ3v) is 7.61. The van der Waals surface area contributed by atoms with E-state index >= 15 is 0 Å². The van der Waals surface area contributed by atoms with Crippen LogP contribution in [-0.4, -0.2) is 11.0 Å². The van der Waals surface area contributed by atoms with E-state index in [9.17, 15) is 9.59 Å². The van der Waals surface area contributed by atoms with Crippen molar-refractivity contribution in [1.29, 1.82) is 0 Å². The van der Waals surface area contributed by atoms with Crippen LogP contribution < -0.4 is 0 Å². The smallest absolute Gasteiger partial charge is 0.196 e. The van der Waals surface area contributed by atoms with Gasteiger partial charge in [0.25, 0.3) is 0 Å². The van der Waals surface area contributed by atoms with Crippen molar-refractivity contribution >= 4 is 19.0 Å². The molecule has 29 heavy (non-hydrogen) atoms. The molecule has 3 heteroatoms. The Morgan fingerprint density at radius 2 is 1.07 bits per heavy atom. The summed E-state index contributed by atoms with van der Waals surface area (Å²) in [7, 11) is -1.61. The normalized spacial score (nSPS) is 11.8. The third kappa shape index (κ3) is 4.93. The van der Waals surface area contributed by atoms with Gasteiger partial charge in [-0.1, -0.05) is 55.3 Å². The molecule has 0 radical (unpaired) electrons. The molecule has 0 aromatic heterocycles. The Balaban J connectivity index is 2.71. The Kier molecular flexibility index (Phi) is 7.72. The Hall–Kier alpha value is -2.05. The Labute approximate surface area is 177 Å². The molecule has 0 amide bonds. The van der Waals surface area contributed by atoms with E-state index in [0.29, 0.717) is 17.5 Å². The van der Waals surface area contributed by atoms with Gasteiger partial charge in [0.2, 0.25) is 0 Å². The van der Waals surface area contributed by atoms with Gasteiger partial charge in [0.15, 0.2) is 11.0 Å². The van der Waals surface area contributed by atoms with E-state index in [1.807, 2.05) is 72.7 Å². The van der Waals surface area contributed by atoms with E-state index in [4.69, 9.17) is 0 Å². The average Bonchev–Trinajstić information content (AvgIpc) is 2.59. The van der Waals surface area contributed by atoms with Crippen LogP contribution in [0.5, 0.6) is 0 Å². The number of aryl methyl sites for hydroxylation is 6. The van der Waals surface area contributed by atoms with Gasteiger partial charge in [-0.15, -0.1) is 0 Å².